The molecule has 7 heteroatoms. The van der Waals surface area contributed by atoms with Gasteiger partial charge in [0.2, 0.25) is 5.95 Å². The van der Waals surface area contributed by atoms with Crippen LogP contribution in [0.5, 0.6) is 0 Å². The summed E-state index contributed by atoms with van der Waals surface area (Å²) < 4.78 is 0. The van der Waals surface area contributed by atoms with E-state index in [0.717, 1.165) is 31.8 Å². The Balaban J connectivity index is 1.98. The molecule has 1 aromatic carbocycles. The number of rotatable bonds is 3. The standard InChI is InChI=1S/C13H11ClN4S2/c1-19-11-10-12(18-13(15)17-11)20-9(16-10)6-7-2-4-8(14)5-3-7/h2-5H,6H2,1H3,(H2,15,17,18). The fourth-order valence-electron chi connectivity index (χ4n) is 1.85. The summed E-state index contributed by atoms with van der Waals surface area (Å²) in [6.07, 6.45) is 2.71. The Morgan fingerprint density at radius 2 is 1.95 bits per heavy atom. The maximum Gasteiger partial charge on any atom is 0.222 e. The van der Waals surface area contributed by atoms with Crippen molar-refractivity contribution in [3.8, 4) is 0 Å². The number of nitrogens with two attached hydrogens (primary N) is 1. The van der Waals surface area contributed by atoms with E-state index in [1.165, 1.54) is 17.3 Å². The van der Waals surface area contributed by atoms with Crippen LogP contribution < -0.4 is 5.73 Å². The van der Waals surface area contributed by atoms with Crippen LogP contribution in [-0.2, 0) is 6.42 Å². The summed E-state index contributed by atoms with van der Waals surface area (Å²) >= 11 is 8.97. The topological polar surface area (TPSA) is 64.7 Å². The molecule has 2 N–H and O–H groups in total. The largest absolute Gasteiger partial charge is 0.368 e. The van der Waals surface area contributed by atoms with Crippen LogP contribution >= 0.6 is 34.7 Å². The van der Waals surface area contributed by atoms with Gasteiger partial charge in [0.05, 0.1) is 5.01 Å². The lowest BCUT2D eigenvalue weighted by atomic mass is 10.2. The van der Waals surface area contributed by atoms with Crippen molar-refractivity contribution in [2.24, 2.45) is 0 Å². The van der Waals surface area contributed by atoms with E-state index in [1.54, 1.807) is 11.3 Å². The molecule has 20 heavy (non-hydrogen) atoms. The second-order valence-corrected chi connectivity index (χ2v) is 6.45. The van der Waals surface area contributed by atoms with Gasteiger partial charge >= 0.3 is 0 Å². The molecule has 0 saturated carbocycles. The molecule has 0 spiro atoms. The Hall–Kier alpha value is -1.37. The molecule has 4 nitrogen and oxygen atoms in total. The minimum Gasteiger partial charge on any atom is -0.368 e. The van der Waals surface area contributed by atoms with Gasteiger partial charge in [0, 0.05) is 11.4 Å². The van der Waals surface area contributed by atoms with Crippen LogP contribution in [-0.4, -0.2) is 21.2 Å². The SMILES string of the molecule is CSc1nc(N)nc2sc(Cc3ccc(Cl)cc3)nc12. The average molecular weight is 323 g/mol. The van der Waals surface area contributed by atoms with Crippen molar-refractivity contribution in [1.29, 1.82) is 0 Å². The second kappa shape index (κ2) is 5.55. The molecule has 0 amide bonds. The molecule has 0 unspecified atom stereocenters. The number of fused-ring (bicyclic) bond motifs is 1. The normalized spacial score (nSPS) is 11.1. The van der Waals surface area contributed by atoms with E-state index in [4.69, 9.17) is 17.3 Å². The lowest BCUT2D eigenvalue weighted by Crippen LogP contribution is -1.95. The highest BCUT2D eigenvalue weighted by Gasteiger charge is 2.12. The van der Waals surface area contributed by atoms with Gasteiger partial charge < -0.3 is 5.73 Å². The van der Waals surface area contributed by atoms with Gasteiger partial charge in [-0.3, -0.25) is 0 Å². The van der Waals surface area contributed by atoms with Gasteiger partial charge in [-0.15, -0.1) is 11.8 Å². The Kier molecular flexibility index (Phi) is 3.78. The van der Waals surface area contributed by atoms with Crippen molar-refractivity contribution in [1.82, 2.24) is 15.0 Å². The molecule has 0 fully saturated rings. The maximum atomic E-state index is 5.89. The maximum absolute atomic E-state index is 5.89. The minimum absolute atomic E-state index is 0.295. The van der Waals surface area contributed by atoms with Crippen molar-refractivity contribution in [3.63, 3.8) is 0 Å². The summed E-state index contributed by atoms with van der Waals surface area (Å²) in [6.45, 7) is 0. The Morgan fingerprint density at radius 3 is 2.65 bits per heavy atom. The van der Waals surface area contributed by atoms with Gasteiger partial charge in [-0.1, -0.05) is 35.1 Å². The highest BCUT2D eigenvalue weighted by molar-refractivity contribution is 7.98. The summed E-state index contributed by atoms with van der Waals surface area (Å²) in [6, 6.07) is 7.78. The summed E-state index contributed by atoms with van der Waals surface area (Å²) in [7, 11) is 0. The van der Waals surface area contributed by atoms with Crippen LogP contribution in [0.2, 0.25) is 5.02 Å². The third-order valence-electron chi connectivity index (χ3n) is 2.75. The zero-order valence-corrected chi connectivity index (χ0v) is 13.0. The average Bonchev–Trinajstić information content (AvgIpc) is 2.82. The van der Waals surface area contributed by atoms with Crippen molar-refractivity contribution in [2.45, 2.75) is 11.4 Å². The van der Waals surface area contributed by atoms with Gasteiger partial charge in [0.25, 0.3) is 0 Å². The second-order valence-electron chi connectivity index (χ2n) is 4.16. The number of anilines is 1. The predicted molar refractivity (Wildman–Crippen MR) is 85.7 cm³/mol. The summed E-state index contributed by atoms with van der Waals surface area (Å²) in [5.41, 5.74) is 7.71. The third kappa shape index (κ3) is 2.72. The number of nitrogens with zero attached hydrogens (tertiary/aromatic N) is 3. The Bertz CT molecular complexity index is 755. The van der Waals surface area contributed by atoms with Crippen molar-refractivity contribution in [3.05, 3.63) is 39.9 Å². The fourth-order valence-corrected chi connectivity index (χ4v) is 3.54. The van der Waals surface area contributed by atoms with E-state index in [-0.39, 0.29) is 0 Å². The molecule has 0 saturated heterocycles. The van der Waals surface area contributed by atoms with Crippen LogP contribution in [0.3, 0.4) is 0 Å². The lowest BCUT2D eigenvalue weighted by molar-refractivity contribution is 1.09. The lowest BCUT2D eigenvalue weighted by Gasteiger charge is -1.97. The minimum atomic E-state index is 0.295. The molecule has 0 atom stereocenters. The molecule has 3 rings (SSSR count). The first-order valence-corrected chi connectivity index (χ1v) is 8.29. The highest BCUT2D eigenvalue weighted by atomic mass is 35.5. The summed E-state index contributed by atoms with van der Waals surface area (Å²) in [5.74, 6) is 0.295. The number of nitrogen functional groups attached to an aromatic ring is 1. The molecule has 0 aliphatic rings. The summed E-state index contributed by atoms with van der Waals surface area (Å²) in [5, 5.41) is 2.56. The van der Waals surface area contributed by atoms with Gasteiger partial charge in [0.1, 0.15) is 15.4 Å². The predicted octanol–water partition coefficient (Wildman–Crippen LogP) is 3.63. The molecule has 0 radical (unpaired) electrons. The van der Waals surface area contributed by atoms with Crippen molar-refractivity contribution in [2.75, 3.05) is 12.0 Å². The Labute approximate surface area is 129 Å². The first-order valence-electron chi connectivity index (χ1n) is 5.87. The van der Waals surface area contributed by atoms with E-state index in [1.807, 2.05) is 30.5 Å². The van der Waals surface area contributed by atoms with Crippen LogP contribution in [0, 0.1) is 0 Å². The molecular formula is C13H11ClN4S2. The van der Waals surface area contributed by atoms with Crippen molar-refractivity contribution >= 4 is 51.0 Å². The van der Waals surface area contributed by atoms with E-state index in [0.29, 0.717) is 5.95 Å². The number of thiazole rings is 1. The smallest absolute Gasteiger partial charge is 0.222 e. The highest BCUT2D eigenvalue weighted by Crippen LogP contribution is 2.29. The molecule has 2 heterocycles. The zero-order chi connectivity index (χ0) is 14.1. The number of thioether (sulfide) groups is 1. The molecule has 0 aliphatic carbocycles. The number of hydrogen-bond donors (Lipinski definition) is 1. The zero-order valence-electron chi connectivity index (χ0n) is 10.6. The molecule has 2 aromatic heterocycles. The monoisotopic (exact) mass is 322 g/mol. The van der Waals surface area contributed by atoms with E-state index in [2.05, 4.69) is 15.0 Å². The first-order chi connectivity index (χ1) is 9.65. The number of aromatic nitrogens is 3. The van der Waals surface area contributed by atoms with E-state index >= 15 is 0 Å². The molecular weight excluding hydrogens is 312 g/mol. The summed E-state index contributed by atoms with van der Waals surface area (Å²) in [4.78, 5) is 13.9. The van der Waals surface area contributed by atoms with E-state index in [9.17, 15) is 0 Å². The fraction of sp³-hybridized carbons (Fsp3) is 0.154. The number of hydrogen-bond acceptors (Lipinski definition) is 6. The molecule has 3 aromatic rings. The van der Waals surface area contributed by atoms with Gasteiger partial charge in [-0.05, 0) is 24.0 Å². The number of benzene rings is 1. The first kappa shape index (κ1) is 13.6. The van der Waals surface area contributed by atoms with Crippen LogP contribution in [0.15, 0.2) is 29.3 Å². The van der Waals surface area contributed by atoms with Gasteiger partial charge in [0.15, 0.2) is 0 Å². The van der Waals surface area contributed by atoms with Crippen molar-refractivity contribution < 1.29 is 0 Å². The molecule has 0 bridgehead atoms. The third-order valence-corrected chi connectivity index (χ3v) is 4.62. The van der Waals surface area contributed by atoms with Crippen LogP contribution in [0.25, 0.3) is 10.3 Å². The number of halogens is 1. The molecule has 102 valence electrons. The van der Waals surface area contributed by atoms with Gasteiger partial charge in [-0.25, -0.2) is 15.0 Å². The Morgan fingerprint density at radius 1 is 1.20 bits per heavy atom. The van der Waals surface area contributed by atoms with Crippen LogP contribution in [0.1, 0.15) is 10.6 Å². The molecule has 0 aliphatic heterocycles. The van der Waals surface area contributed by atoms with E-state index < -0.39 is 0 Å². The van der Waals surface area contributed by atoms with Crippen LogP contribution in [0.4, 0.5) is 5.95 Å². The quantitative estimate of drug-likeness (QED) is 0.589. The van der Waals surface area contributed by atoms with Gasteiger partial charge in [-0.2, -0.15) is 0 Å².